The summed E-state index contributed by atoms with van der Waals surface area (Å²) in [4.78, 5) is -0.169. The molecular weight excluding hydrogens is 766 g/mol. The van der Waals surface area contributed by atoms with Crippen LogP contribution >= 0.6 is 15.9 Å². The van der Waals surface area contributed by atoms with Crippen LogP contribution in [0, 0.1) is 0 Å². The van der Waals surface area contributed by atoms with Crippen LogP contribution < -0.4 is 33.3 Å². The van der Waals surface area contributed by atoms with E-state index < -0.39 is 10.0 Å². The van der Waals surface area contributed by atoms with Crippen molar-refractivity contribution >= 4 is 54.2 Å². The number of hydrogen-bond acceptors (Lipinski definition) is 11. The van der Waals surface area contributed by atoms with Gasteiger partial charge in [-0.2, -0.15) is 5.10 Å². The van der Waals surface area contributed by atoms with Gasteiger partial charge in [0.25, 0.3) is 10.0 Å². The average molecular weight is 805 g/mol. The lowest BCUT2D eigenvalue weighted by molar-refractivity contribution is 0.372. The third-order valence-corrected chi connectivity index (χ3v) is 11.3. The Balaban J connectivity index is 1.28. The average Bonchev–Trinajstić information content (AvgIpc) is 3.83. The van der Waals surface area contributed by atoms with Crippen molar-refractivity contribution in [1.82, 2.24) is 14.9 Å². The number of rotatable bonds is 15. The van der Waals surface area contributed by atoms with Crippen molar-refractivity contribution in [2.45, 2.75) is 36.7 Å². The quantitative estimate of drug-likeness (QED) is 0.108. The summed E-state index contributed by atoms with van der Waals surface area (Å²) in [6.45, 7) is 0.500. The summed E-state index contributed by atoms with van der Waals surface area (Å²) in [5.74, 6) is 3.16. The molecule has 276 valence electrons. The normalized spacial score (nSPS) is 12.8. The topological polar surface area (TPSA) is 139 Å². The van der Waals surface area contributed by atoms with E-state index in [2.05, 4.69) is 32.5 Å². The molecule has 0 saturated heterocycles. The molecule has 0 aliphatic heterocycles. The number of fused-ring (bicyclic) bond motifs is 1. The molecule has 0 spiro atoms. The summed E-state index contributed by atoms with van der Waals surface area (Å²) in [5.41, 5.74) is 3.81. The molecule has 15 heteroatoms. The van der Waals surface area contributed by atoms with Crippen LogP contribution in [0.2, 0.25) is 0 Å². The predicted octanol–water partition coefficient (Wildman–Crippen LogP) is 7.89. The molecule has 53 heavy (non-hydrogen) atoms. The molecule has 2 aromatic heterocycles. The zero-order valence-electron chi connectivity index (χ0n) is 29.8. The van der Waals surface area contributed by atoms with Crippen LogP contribution in [0.15, 0.2) is 92.8 Å². The van der Waals surface area contributed by atoms with Gasteiger partial charge in [0.05, 0.1) is 59.7 Å². The zero-order chi connectivity index (χ0) is 37.3. The SMILES string of the molecule is COc1ccc(CN(c2noc3cc(Nc4cc(C5CC5)n(Cc5ccc(OC)cc5)n4)c(OC)cc23)S(=O)(=O)c2c(OC)cc(Br)cc2OC)cc1. The molecule has 1 saturated carbocycles. The Morgan fingerprint density at radius 1 is 0.811 bits per heavy atom. The van der Waals surface area contributed by atoms with E-state index in [1.165, 1.54) is 18.5 Å². The summed E-state index contributed by atoms with van der Waals surface area (Å²) in [6.07, 6.45) is 2.22. The van der Waals surface area contributed by atoms with Gasteiger partial charge in [0.15, 0.2) is 22.1 Å². The van der Waals surface area contributed by atoms with Gasteiger partial charge in [-0.05, 0) is 66.4 Å². The summed E-state index contributed by atoms with van der Waals surface area (Å²) in [6, 6.07) is 23.6. The number of hydrogen-bond donors (Lipinski definition) is 1. The predicted molar refractivity (Wildman–Crippen MR) is 204 cm³/mol. The molecule has 0 radical (unpaired) electrons. The molecule has 2 heterocycles. The zero-order valence-corrected chi connectivity index (χ0v) is 32.2. The molecule has 1 fully saturated rings. The number of nitrogens with one attached hydrogen (secondary N) is 1. The minimum atomic E-state index is -4.41. The number of aromatic nitrogens is 3. The number of halogens is 1. The van der Waals surface area contributed by atoms with Gasteiger partial charge in [0.2, 0.25) is 0 Å². The van der Waals surface area contributed by atoms with Crippen molar-refractivity contribution in [2.24, 2.45) is 0 Å². The van der Waals surface area contributed by atoms with E-state index in [-0.39, 0.29) is 28.8 Å². The monoisotopic (exact) mass is 803 g/mol. The Hall–Kier alpha value is -5.41. The van der Waals surface area contributed by atoms with Gasteiger partial charge >= 0.3 is 0 Å². The highest BCUT2D eigenvalue weighted by molar-refractivity contribution is 9.10. The van der Waals surface area contributed by atoms with Crippen LogP contribution in [-0.4, -0.2) is 58.9 Å². The molecule has 1 N–H and O–H groups in total. The summed E-state index contributed by atoms with van der Waals surface area (Å²) in [7, 11) is 3.14. The van der Waals surface area contributed by atoms with E-state index >= 15 is 0 Å². The second-order valence-corrected chi connectivity index (χ2v) is 15.1. The van der Waals surface area contributed by atoms with Gasteiger partial charge in [-0.25, -0.2) is 12.7 Å². The smallest absolute Gasteiger partial charge is 0.273 e. The Morgan fingerprint density at radius 2 is 1.42 bits per heavy atom. The van der Waals surface area contributed by atoms with Crippen LogP contribution in [0.3, 0.4) is 0 Å². The highest BCUT2D eigenvalue weighted by atomic mass is 79.9. The van der Waals surface area contributed by atoms with E-state index in [4.69, 9.17) is 33.3 Å². The van der Waals surface area contributed by atoms with Crippen LogP contribution in [-0.2, 0) is 23.1 Å². The first-order chi connectivity index (χ1) is 25.6. The summed E-state index contributed by atoms with van der Waals surface area (Å²) >= 11 is 3.41. The Bertz CT molecular complexity index is 2330. The van der Waals surface area contributed by atoms with Gasteiger partial charge in [0.1, 0.15) is 28.7 Å². The Labute approximate surface area is 315 Å². The lowest BCUT2D eigenvalue weighted by Crippen LogP contribution is -2.31. The van der Waals surface area contributed by atoms with Crippen molar-refractivity contribution in [3.8, 4) is 28.7 Å². The Morgan fingerprint density at radius 3 is 1.98 bits per heavy atom. The largest absolute Gasteiger partial charge is 0.497 e. The molecule has 6 aromatic rings. The lowest BCUT2D eigenvalue weighted by atomic mass is 10.2. The van der Waals surface area contributed by atoms with Crippen molar-refractivity contribution in [2.75, 3.05) is 45.2 Å². The second-order valence-electron chi connectivity index (χ2n) is 12.4. The van der Waals surface area contributed by atoms with Crippen LogP contribution in [0.5, 0.6) is 28.7 Å². The van der Waals surface area contributed by atoms with Gasteiger partial charge in [-0.3, -0.25) is 4.68 Å². The van der Waals surface area contributed by atoms with E-state index in [0.717, 1.165) is 29.8 Å². The molecular formula is C38H38BrN5O8S. The van der Waals surface area contributed by atoms with Gasteiger partial charge in [-0.15, -0.1) is 0 Å². The first kappa shape index (κ1) is 36.0. The van der Waals surface area contributed by atoms with E-state index in [0.29, 0.717) is 56.5 Å². The summed E-state index contributed by atoms with van der Waals surface area (Å²) in [5, 5.41) is 13.0. The maximum absolute atomic E-state index is 14.8. The van der Waals surface area contributed by atoms with Gasteiger partial charge in [0, 0.05) is 28.2 Å². The van der Waals surface area contributed by atoms with E-state index in [1.54, 1.807) is 69.9 Å². The van der Waals surface area contributed by atoms with Crippen molar-refractivity contribution in [1.29, 1.82) is 0 Å². The number of ether oxygens (including phenoxy) is 5. The first-order valence-electron chi connectivity index (χ1n) is 16.7. The summed E-state index contributed by atoms with van der Waals surface area (Å²) < 4.78 is 66.8. The number of sulfonamides is 1. The number of nitrogens with zero attached hydrogens (tertiary/aromatic N) is 4. The third-order valence-electron chi connectivity index (χ3n) is 9.03. The molecule has 0 unspecified atom stereocenters. The standard InChI is InChI=1S/C38H38BrN5O8S/c1-47-27-12-6-23(7-13-27)21-43-31(25-10-11-25)20-36(41-43)40-30-19-32-29(18-33(30)49-3)38(42-52-32)44(22-24-8-14-28(48-2)15-9-24)53(45,46)37-34(50-4)16-26(39)17-35(37)51-5/h6-9,12-20,25H,10-11,21-22H2,1-5H3,(H,40,41). The van der Waals surface area contributed by atoms with E-state index in [9.17, 15) is 8.42 Å². The third kappa shape index (κ3) is 7.31. The second kappa shape index (κ2) is 14.9. The highest BCUT2D eigenvalue weighted by Gasteiger charge is 2.36. The molecule has 7 rings (SSSR count). The van der Waals surface area contributed by atoms with E-state index in [1.807, 2.05) is 28.9 Å². The van der Waals surface area contributed by atoms with Crippen LogP contribution in [0.1, 0.15) is 35.6 Å². The minimum absolute atomic E-state index is 0.0486. The molecule has 0 atom stereocenters. The number of methoxy groups -OCH3 is 5. The lowest BCUT2D eigenvalue weighted by Gasteiger charge is -2.25. The molecule has 4 aromatic carbocycles. The first-order valence-corrected chi connectivity index (χ1v) is 18.9. The Kier molecular flexibility index (Phi) is 10.1. The van der Waals surface area contributed by atoms with Crippen LogP contribution in [0.25, 0.3) is 11.0 Å². The van der Waals surface area contributed by atoms with Crippen molar-refractivity contribution in [3.63, 3.8) is 0 Å². The molecule has 1 aliphatic carbocycles. The maximum Gasteiger partial charge on any atom is 0.273 e. The van der Waals surface area contributed by atoms with Crippen LogP contribution in [0.4, 0.5) is 17.3 Å². The highest BCUT2D eigenvalue weighted by Crippen LogP contribution is 2.44. The van der Waals surface area contributed by atoms with Gasteiger partial charge in [-0.1, -0.05) is 45.4 Å². The van der Waals surface area contributed by atoms with Crippen molar-refractivity contribution < 1.29 is 36.6 Å². The molecule has 0 amide bonds. The fourth-order valence-electron chi connectivity index (χ4n) is 6.15. The maximum atomic E-state index is 14.8. The molecule has 1 aliphatic rings. The number of anilines is 3. The molecule has 0 bridgehead atoms. The minimum Gasteiger partial charge on any atom is -0.497 e. The fourth-order valence-corrected chi connectivity index (χ4v) is 8.26. The fraction of sp³-hybridized carbons (Fsp3) is 0.263. The van der Waals surface area contributed by atoms with Crippen molar-refractivity contribution in [3.05, 3.63) is 100 Å². The molecule has 13 nitrogen and oxygen atoms in total. The van der Waals surface area contributed by atoms with Gasteiger partial charge < -0.3 is 33.5 Å². The number of benzene rings is 4.